The Labute approximate surface area is 148 Å². The summed E-state index contributed by atoms with van der Waals surface area (Å²) in [4.78, 5) is 0. The van der Waals surface area contributed by atoms with Gasteiger partial charge in [0.25, 0.3) is 0 Å². The monoisotopic (exact) mass is 333 g/mol. The molecule has 0 heterocycles. The summed E-state index contributed by atoms with van der Waals surface area (Å²) in [5, 5.41) is 8.98. The maximum absolute atomic E-state index is 12.0. The lowest BCUT2D eigenvalue weighted by atomic mass is 9.75. The second-order valence-corrected chi connectivity index (χ2v) is 8.19. The largest absolute Gasteiger partial charge is 0.251 e. The molecule has 0 aliphatic heterocycles. The molecule has 0 bridgehead atoms. The minimum atomic E-state index is -0.186. The van der Waals surface area contributed by atoms with Gasteiger partial charge in [-0.2, -0.15) is 5.26 Å². The highest BCUT2D eigenvalue weighted by atomic mass is 19.1. The molecule has 2 aliphatic carbocycles. The van der Waals surface area contributed by atoms with E-state index in [0.29, 0.717) is 12.3 Å². The van der Waals surface area contributed by atoms with E-state index < -0.39 is 0 Å². The van der Waals surface area contributed by atoms with E-state index in [1.807, 2.05) is 0 Å². The molecule has 0 spiro atoms. The molecule has 0 unspecified atom stereocenters. The number of alkyl halides is 1. The summed E-state index contributed by atoms with van der Waals surface area (Å²) in [6.45, 7) is -0.186. The maximum atomic E-state index is 12.0. The number of allylic oxidation sites excluding steroid dienone is 2. The number of hydrogen-bond donors (Lipinski definition) is 0. The smallest absolute Gasteiger partial charge is 0.0897 e. The molecule has 136 valence electrons. The number of rotatable bonds is 9. The van der Waals surface area contributed by atoms with Crippen molar-refractivity contribution in [3.05, 3.63) is 12.2 Å². The van der Waals surface area contributed by atoms with Crippen LogP contribution in [0.5, 0.6) is 0 Å². The van der Waals surface area contributed by atoms with E-state index in [0.717, 1.165) is 37.0 Å². The van der Waals surface area contributed by atoms with Crippen LogP contribution in [-0.4, -0.2) is 6.67 Å². The van der Waals surface area contributed by atoms with Crippen molar-refractivity contribution in [3.63, 3.8) is 0 Å². The lowest BCUT2D eigenvalue weighted by molar-refractivity contribution is 0.223. The predicted octanol–water partition coefficient (Wildman–Crippen LogP) is 6.99. The Kier molecular flexibility index (Phi) is 9.47. The molecule has 2 heteroatoms. The zero-order valence-electron chi connectivity index (χ0n) is 15.4. The standard InChI is InChI=1S/C22H36FN/c23-17-5-3-1-2-4-6-19-7-9-20(10-8-19)11-12-21-13-15-22(18-24)16-14-21/h1-2,19-22H,3-17H2. The van der Waals surface area contributed by atoms with Crippen molar-refractivity contribution >= 4 is 0 Å². The molecule has 0 radical (unpaired) electrons. The van der Waals surface area contributed by atoms with Crippen LogP contribution >= 0.6 is 0 Å². The Bertz CT molecular complexity index is 381. The zero-order valence-corrected chi connectivity index (χ0v) is 15.4. The molecule has 0 saturated heterocycles. The molecule has 24 heavy (non-hydrogen) atoms. The first-order valence-corrected chi connectivity index (χ1v) is 10.4. The van der Waals surface area contributed by atoms with E-state index >= 15 is 0 Å². The van der Waals surface area contributed by atoms with Gasteiger partial charge in [-0.25, -0.2) is 0 Å². The van der Waals surface area contributed by atoms with Crippen molar-refractivity contribution < 1.29 is 4.39 Å². The number of nitriles is 1. The summed E-state index contributed by atoms with van der Waals surface area (Å²) < 4.78 is 12.0. The highest BCUT2D eigenvalue weighted by Gasteiger charge is 2.24. The Balaban J connectivity index is 1.50. The number of halogens is 1. The van der Waals surface area contributed by atoms with Crippen molar-refractivity contribution in [1.82, 2.24) is 0 Å². The van der Waals surface area contributed by atoms with E-state index in [9.17, 15) is 4.39 Å². The average molecular weight is 334 g/mol. The minimum Gasteiger partial charge on any atom is -0.251 e. The number of nitrogens with zero attached hydrogens (tertiary/aromatic N) is 1. The molecule has 1 nitrogen and oxygen atoms in total. The van der Waals surface area contributed by atoms with Crippen LogP contribution in [0.3, 0.4) is 0 Å². The quantitative estimate of drug-likeness (QED) is 0.329. The van der Waals surface area contributed by atoms with Gasteiger partial charge in [0, 0.05) is 5.92 Å². The van der Waals surface area contributed by atoms with Gasteiger partial charge in [0.05, 0.1) is 12.7 Å². The molecule has 2 rings (SSSR count). The lowest BCUT2D eigenvalue weighted by Crippen LogP contribution is -2.17. The average Bonchev–Trinajstić information content (AvgIpc) is 2.64. The number of unbranched alkanes of at least 4 members (excludes halogenated alkanes) is 1. The summed E-state index contributed by atoms with van der Waals surface area (Å²) in [7, 11) is 0. The van der Waals surface area contributed by atoms with E-state index in [2.05, 4.69) is 18.2 Å². The summed E-state index contributed by atoms with van der Waals surface area (Å²) in [6, 6.07) is 2.44. The fourth-order valence-electron chi connectivity index (χ4n) is 4.62. The number of hydrogen-bond acceptors (Lipinski definition) is 1. The molecule has 0 aromatic heterocycles. The van der Waals surface area contributed by atoms with Gasteiger partial charge in [-0.05, 0) is 69.1 Å². The SMILES string of the molecule is N#CC1CCC(CCC2CCC(CCC=CCCCF)CC2)CC1. The van der Waals surface area contributed by atoms with Gasteiger partial charge in [-0.1, -0.05) is 50.7 Å². The topological polar surface area (TPSA) is 23.8 Å². The van der Waals surface area contributed by atoms with Crippen molar-refractivity contribution in [2.24, 2.45) is 23.7 Å². The third kappa shape index (κ3) is 7.37. The Morgan fingerprint density at radius 3 is 1.79 bits per heavy atom. The molecule has 0 N–H and O–H groups in total. The van der Waals surface area contributed by atoms with E-state index in [-0.39, 0.29) is 6.67 Å². The van der Waals surface area contributed by atoms with Gasteiger partial charge in [-0.3, -0.25) is 4.39 Å². The maximum Gasteiger partial charge on any atom is 0.0897 e. The first-order valence-electron chi connectivity index (χ1n) is 10.4. The van der Waals surface area contributed by atoms with Crippen LogP contribution in [0.2, 0.25) is 0 Å². The van der Waals surface area contributed by atoms with Crippen LogP contribution in [-0.2, 0) is 0 Å². The van der Waals surface area contributed by atoms with E-state index in [4.69, 9.17) is 5.26 Å². The summed E-state index contributed by atoms with van der Waals surface area (Å²) >= 11 is 0. The van der Waals surface area contributed by atoms with Crippen LogP contribution in [0, 0.1) is 35.0 Å². The van der Waals surface area contributed by atoms with Crippen LogP contribution in [0.15, 0.2) is 12.2 Å². The first-order chi connectivity index (χ1) is 11.8. The molecular weight excluding hydrogens is 297 g/mol. The van der Waals surface area contributed by atoms with Gasteiger partial charge in [-0.15, -0.1) is 0 Å². The van der Waals surface area contributed by atoms with Crippen molar-refractivity contribution in [1.29, 1.82) is 5.26 Å². The molecule has 0 atom stereocenters. The van der Waals surface area contributed by atoms with Crippen molar-refractivity contribution in [3.8, 4) is 6.07 Å². The Morgan fingerprint density at radius 1 is 0.750 bits per heavy atom. The highest BCUT2D eigenvalue weighted by Crippen LogP contribution is 2.37. The van der Waals surface area contributed by atoms with Crippen LogP contribution in [0.1, 0.15) is 89.9 Å². The Hall–Kier alpha value is -0.840. The van der Waals surface area contributed by atoms with Gasteiger partial charge in [0.15, 0.2) is 0 Å². The second-order valence-electron chi connectivity index (χ2n) is 8.19. The predicted molar refractivity (Wildman–Crippen MR) is 99.3 cm³/mol. The highest BCUT2D eigenvalue weighted by molar-refractivity contribution is 4.87. The molecular formula is C22H36FN. The fraction of sp³-hybridized carbons (Fsp3) is 0.864. The second kappa shape index (κ2) is 11.7. The summed E-state index contributed by atoms with van der Waals surface area (Å²) in [5.74, 6) is 3.15. The fourth-order valence-corrected chi connectivity index (χ4v) is 4.62. The Morgan fingerprint density at radius 2 is 1.25 bits per heavy atom. The summed E-state index contributed by atoms with van der Waals surface area (Å²) in [6.07, 6.45) is 21.9. The summed E-state index contributed by atoms with van der Waals surface area (Å²) in [5.41, 5.74) is 0. The molecule has 0 amide bonds. The third-order valence-corrected chi connectivity index (χ3v) is 6.39. The van der Waals surface area contributed by atoms with E-state index in [1.165, 1.54) is 64.2 Å². The van der Waals surface area contributed by atoms with Crippen molar-refractivity contribution in [2.45, 2.75) is 89.9 Å². The van der Waals surface area contributed by atoms with Crippen molar-refractivity contribution in [2.75, 3.05) is 6.67 Å². The van der Waals surface area contributed by atoms with Gasteiger partial charge < -0.3 is 0 Å². The van der Waals surface area contributed by atoms with Gasteiger partial charge in [0.2, 0.25) is 0 Å². The van der Waals surface area contributed by atoms with Gasteiger partial charge >= 0.3 is 0 Å². The first kappa shape index (κ1) is 19.5. The van der Waals surface area contributed by atoms with E-state index in [1.54, 1.807) is 0 Å². The third-order valence-electron chi connectivity index (χ3n) is 6.39. The minimum absolute atomic E-state index is 0.186. The lowest BCUT2D eigenvalue weighted by Gasteiger charge is -2.30. The van der Waals surface area contributed by atoms with Crippen LogP contribution in [0.25, 0.3) is 0 Å². The van der Waals surface area contributed by atoms with Gasteiger partial charge in [0.1, 0.15) is 0 Å². The molecule has 2 saturated carbocycles. The zero-order chi connectivity index (χ0) is 17.0. The van der Waals surface area contributed by atoms with Crippen LogP contribution in [0.4, 0.5) is 4.39 Å². The molecule has 2 aliphatic rings. The molecule has 0 aromatic carbocycles. The molecule has 2 fully saturated rings. The normalized spacial score (nSPS) is 31.2. The molecule has 0 aromatic rings. The van der Waals surface area contributed by atoms with Crippen LogP contribution < -0.4 is 0 Å².